The molecule has 0 unspecified atom stereocenters. The van der Waals surface area contributed by atoms with Gasteiger partial charge in [-0.05, 0) is 62.3 Å². The molecule has 0 aromatic heterocycles. The standard InChI is InChI=1S/C28H36N2O3.C2HF3O2/c1-21(2)19-33-26-7-5-4-6-25(26)18-29-15-12-28(20-29)13-16-30(17-14-28)27(32)24-10-8-23(9-11-24)22(3)31;3-2(4,5)1(6)7/h4-11,21H,12-20H2,1-3H3;(H,6,7). The smallest absolute Gasteiger partial charge is 0.490 e. The lowest BCUT2D eigenvalue weighted by molar-refractivity contribution is -0.192. The van der Waals surface area contributed by atoms with Gasteiger partial charge in [-0.3, -0.25) is 14.5 Å². The quantitative estimate of drug-likeness (QED) is 0.437. The number of amides is 1. The number of ketones is 1. The molecule has 0 aliphatic carbocycles. The van der Waals surface area contributed by atoms with E-state index in [1.807, 2.05) is 11.0 Å². The number of aliphatic carboxylic acids is 1. The molecule has 1 N–H and O–H groups in total. The lowest BCUT2D eigenvalue weighted by atomic mass is 9.77. The number of carbonyl (C=O) groups is 3. The van der Waals surface area contributed by atoms with Crippen LogP contribution in [0.1, 0.15) is 66.3 Å². The highest BCUT2D eigenvalue weighted by atomic mass is 19.4. The molecule has 2 saturated heterocycles. The predicted molar refractivity (Wildman–Crippen MR) is 144 cm³/mol. The number of ether oxygens (including phenoxy) is 1. The predicted octanol–water partition coefficient (Wildman–Crippen LogP) is 5.69. The molecule has 2 aromatic rings. The molecule has 0 saturated carbocycles. The van der Waals surface area contributed by atoms with Crippen molar-refractivity contribution in [1.29, 1.82) is 0 Å². The number of hydrogen-bond acceptors (Lipinski definition) is 5. The maximum absolute atomic E-state index is 13.0. The molecule has 7 nitrogen and oxygen atoms in total. The summed E-state index contributed by atoms with van der Waals surface area (Å²) >= 11 is 0. The van der Waals surface area contributed by atoms with Crippen LogP contribution in [0.25, 0.3) is 0 Å². The van der Waals surface area contributed by atoms with Gasteiger partial charge in [-0.2, -0.15) is 13.2 Å². The molecule has 2 aromatic carbocycles. The number of Topliss-reactive ketones (excluding diaryl/α,β-unsaturated/α-hetero) is 1. The Morgan fingerprint density at radius 3 is 2.05 bits per heavy atom. The highest BCUT2D eigenvalue weighted by Crippen LogP contribution is 2.41. The van der Waals surface area contributed by atoms with Crippen molar-refractivity contribution in [2.24, 2.45) is 11.3 Å². The Bertz CT molecular complexity index is 1170. The summed E-state index contributed by atoms with van der Waals surface area (Å²) in [5.41, 5.74) is 2.88. The zero-order valence-corrected chi connectivity index (χ0v) is 23.2. The normalized spacial score (nSPS) is 16.9. The number of carboxylic acids is 1. The first-order valence-electron chi connectivity index (χ1n) is 13.4. The van der Waals surface area contributed by atoms with E-state index in [1.54, 1.807) is 31.2 Å². The summed E-state index contributed by atoms with van der Waals surface area (Å²) in [6.07, 6.45) is -1.80. The number of piperidine rings is 1. The summed E-state index contributed by atoms with van der Waals surface area (Å²) in [5.74, 6) is -1.15. The van der Waals surface area contributed by atoms with Gasteiger partial charge < -0.3 is 14.7 Å². The highest BCUT2D eigenvalue weighted by Gasteiger charge is 2.41. The zero-order chi connectivity index (χ0) is 29.5. The minimum atomic E-state index is -5.08. The van der Waals surface area contributed by atoms with Gasteiger partial charge in [-0.25, -0.2) is 4.79 Å². The number of likely N-dealkylation sites (tertiary alicyclic amines) is 2. The Hall–Kier alpha value is -3.40. The van der Waals surface area contributed by atoms with E-state index in [0.29, 0.717) is 22.5 Å². The summed E-state index contributed by atoms with van der Waals surface area (Å²) in [4.78, 5) is 37.9. The van der Waals surface area contributed by atoms with Crippen LogP contribution in [0, 0.1) is 11.3 Å². The Morgan fingerprint density at radius 1 is 0.950 bits per heavy atom. The topological polar surface area (TPSA) is 87.2 Å². The Morgan fingerprint density at radius 2 is 1.50 bits per heavy atom. The molecule has 2 fully saturated rings. The average molecular weight is 563 g/mol. The number of hydrogen-bond donors (Lipinski definition) is 1. The van der Waals surface area contributed by atoms with E-state index in [2.05, 4.69) is 36.9 Å². The number of alkyl halides is 3. The molecule has 2 aliphatic heterocycles. The van der Waals surface area contributed by atoms with Crippen LogP contribution in [-0.2, 0) is 11.3 Å². The van der Waals surface area contributed by atoms with Crippen LogP contribution in [0.5, 0.6) is 5.75 Å². The van der Waals surface area contributed by atoms with Crippen LogP contribution in [0.15, 0.2) is 48.5 Å². The fourth-order valence-corrected chi connectivity index (χ4v) is 5.06. The van der Waals surface area contributed by atoms with E-state index in [1.165, 1.54) is 12.0 Å². The number of halogens is 3. The van der Waals surface area contributed by atoms with Gasteiger partial charge in [0.05, 0.1) is 6.61 Å². The van der Waals surface area contributed by atoms with Gasteiger partial charge in [0, 0.05) is 42.9 Å². The second-order valence-corrected chi connectivity index (χ2v) is 11.0. The number of carboxylic acid groups (broad SMARTS) is 1. The van der Waals surface area contributed by atoms with Crippen molar-refractivity contribution in [3.63, 3.8) is 0 Å². The number of para-hydroxylation sites is 1. The molecular weight excluding hydrogens is 525 g/mol. The van der Waals surface area contributed by atoms with E-state index < -0.39 is 12.1 Å². The monoisotopic (exact) mass is 562 g/mol. The molecule has 1 spiro atoms. The van der Waals surface area contributed by atoms with Crippen LogP contribution in [0.3, 0.4) is 0 Å². The third-order valence-electron chi connectivity index (χ3n) is 7.35. The minimum Gasteiger partial charge on any atom is -0.493 e. The Kier molecular flexibility index (Phi) is 10.4. The Balaban J connectivity index is 0.000000559. The minimum absolute atomic E-state index is 0.0220. The summed E-state index contributed by atoms with van der Waals surface area (Å²) in [6.45, 7) is 11.3. The van der Waals surface area contributed by atoms with Crippen molar-refractivity contribution in [2.75, 3.05) is 32.8 Å². The van der Waals surface area contributed by atoms with Gasteiger partial charge >= 0.3 is 12.1 Å². The van der Waals surface area contributed by atoms with E-state index in [9.17, 15) is 22.8 Å². The molecule has 218 valence electrons. The molecule has 10 heteroatoms. The van der Waals surface area contributed by atoms with E-state index >= 15 is 0 Å². The van der Waals surface area contributed by atoms with Crippen molar-refractivity contribution < 1.29 is 37.4 Å². The lowest BCUT2D eigenvalue weighted by Crippen LogP contribution is -2.44. The number of carbonyl (C=O) groups excluding carboxylic acids is 2. The SMILES string of the molecule is CC(=O)c1ccc(C(=O)N2CCC3(CCN(Cc4ccccc4OCC(C)C)C3)CC2)cc1.O=C(O)C(F)(F)F. The van der Waals surface area contributed by atoms with Gasteiger partial charge in [0.25, 0.3) is 5.91 Å². The fraction of sp³-hybridized carbons (Fsp3) is 0.500. The maximum Gasteiger partial charge on any atom is 0.490 e. The van der Waals surface area contributed by atoms with Gasteiger partial charge in [0.1, 0.15) is 5.75 Å². The molecule has 1 amide bonds. The van der Waals surface area contributed by atoms with Crippen LogP contribution in [-0.4, -0.2) is 71.5 Å². The van der Waals surface area contributed by atoms with Crippen LogP contribution < -0.4 is 4.74 Å². The van der Waals surface area contributed by atoms with Crippen molar-refractivity contribution in [1.82, 2.24) is 9.80 Å². The summed E-state index contributed by atoms with van der Waals surface area (Å²) in [5, 5.41) is 7.12. The number of rotatable bonds is 7. The Labute approximate surface area is 232 Å². The van der Waals surface area contributed by atoms with Gasteiger partial charge in [0.2, 0.25) is 0 Å². The van der Waals surface area contributed by atoms with Crippen molar-refractivity contribution >= 4 is 17.7 Å². The molecule has 40 heavy (non-hydrogen) atoms. The van der Waals surface area contributed by atoms with Gasteiger partial charge in [0.15, 0.2) is 5.78 Å². The molecule has 0 bridgehead atoms. The highest BCUT2D eigenvalue weighted by molar-refractivity contribution is 5.97. The first kappa shape index (κ1) is 31.1. The largest absolute Gasteiger partial charge is 0.493 e. The number of benzene rings is 2. The fourth-order valence-electron chi connectivity index (χ4n) is 5.06. The van der Waals surface area contributed by atoms with Gasteiger partial charge in [-0.15, -0.1) is 0 Å². The van der Waals surface area contributed by atoms with Gasteiger partial charge in [-0.1, -0.05) is 44.2 Å². The first-order valence-corrected chi connectivity index (χ1v) is 13.4. The van der Waals surface area contributed by atoms with Crippen LogP contribution in [0.2, 0.25) is 0 Å². The van der Waals surface area contributed by atoms with Crippen molar-refractivity contribution in [3.8, 4) is 5.75 Å². The third-order valence-corrected chi connectivity index (χ3v) is 7.35. The second-order valence-electron chi connectivity index (χ2n) is 11.0. The molecule has 0 radical (unpaired) electrons. The zero-order valence-electron chi connectivity index (χ0n) is 23.2. The van der Waals surface area contributed by atoms with E-state index in [4.69, 9.17) is 14.6 Å². The van der Waals surface area contributed by atoms with Crippen molar-refractivity contribution in [3.05, 3.63) is 65.2 Å². The van der Waals surface area contributed by atoms with E-state index in [0.717, 1.165) is 57.9 Å². The third kappa shape index (κ3) is 8.55. The first-order chi connectivity index (χ1) is 18.8. The van der Waals surface area contributed by atoms with Crippen molar-refractivity contribution in [2.45, 2.75) is 52.8 Å². The number of nitrogens with zero attached hydrogens (tertiary/aromatic N) is 2. The molecule has 4 rings (SSSR count). The summed E-state index contributed by atoms with van der Waals surface area (Å²) in [6, 6.07) is 15.5. The van der Waals surface area contributed by atoms with Crippen LogP contribution >= 0.6 is 0 Å². The lowest BCUT2D eigenvalue weighted by Gasteiger charge is -2.39. The molecule has 2 heterocycles. The summed E-state index contributed by atoms with van der Waals surface area (Å²) in [7, 11) is 0. The molecule has 0 atom stereocenters. The summed E-state index contributed by atoms with van der Waals surface area (Å²) < 4.78 is 37.8. The average Bonchev–Trinajstić information content (AvgIpc) is 3.29. The van der Waals surface area contributed by atoms with Crippen LogP contribution in [0.4, 0.5) is 13.2 Å². The van der Waals surface area contributed by atoms with E-state index in [-0.39, 0.29) is 11.7 Å². The second kappa shape index (κ2) is 13.3. The maximum atomic E-state index is 13.0. The molecular formula is C30H37F3N2O5. The molecule has 2 aliphatic rings.